The first-order chi connectivity index (χ1) is 7.69. The van der Waals surface area contributed by atoms with E-state index < -0.39 is 12.1 Å². The quantitative estimate of drug-likeness (QED) is 0.597. The van der Waals surface area contributed by atoms with Crippen molar-refractivity contribution in [1.29, 1.82) is 0 Å². The van der Waals surface area contributed by atoms with E-state index in [0.29, 0.717) is 6.61 Å². The topological polar surface area (TPSA) is 59.7 Å². The average molecular weight is 226 g/mol. The van der Waals surface area contributed by atoms with Crippen LogP contribution in [0.1, 0.15) is 44.3 Å². The van der Waals surface area contributed by atoms with E-state index >= 15 is 0 Å². The summed E-state index contributed by atoms with van der Waals surface area (Å²) in [4.78, 5) is 11.4. The van der Waals surface area contributed by atoms with Crippen LogP contribution in [0, 0.1) is 0 Å². The van der Waals surface area contributed by atoms with Crippen LogP contribution in [0.15, 0.2) is 16.5 Å². The lowest BCUT2D eigenvalue weighted by atomic mass is 10.3. The largest absolute Gasteiger partial charge is 0.463 e. The molecule has 4 heteroatoms. The Morgan fingerprint density at radius 1 is 1.50 bits per heavy atom. The zero-order chi connectivity index (χ0) is 12.0. The number of carbonyl (C=O) groups excluding carboxylic acids is 1. The van der Waals surface area contributed by atoms with Crippen LogP contribution >= 0.6 is 0 Å². The SMILES string of the molecule is CCCCOC(=O)C(O)c1ccc(CC)o1. The van der Waals surface area contributed by atoms with E-state index in [9.17, 15) is 9.90 Å². The summed E-state index contributed by atoms with van der Waals surface area (Å²) >= 11 is 0. The van der Waals surface area contributed by atoms with Crippen LogP contribution in [0.25, 0.3) is 0 Å². The summed E-state index contributed by atoms with van der Waals surface area (Å²) in [7, 11) is 0. The number of esters is 1. The predicted octanol–water partition coefficient (Wildman–Crippen LogP) is 2.22. The first-order valence-corrected chi connectivity index (χ1v) is 5.62. The molecule has 0 aliphatic rings. The van der Waals surface area contributed by atoms with Crippen LogP contribution in [0.3, 0.4) is 0 Å². The fourth-order valence-electron chi connectivity index (χ4n) is 1.24. The number of hydrogen-bond acceptors (Lipinski definition) is 4. The molecule has 90 valence electrons. The highest BCUT2D eigenvalue weighted by Gasteiger charge is 2.22. The molecule has 1 aromatic rings. The van der Waals surface area contributed by atoms with Crippen LogP contribution in [0.4, 0.5) is 0 Å². The number of furan rings is 1. The zero-order valence-corrected chi connectivity index (χ0v) is 9.73. The molecule has 0 radical (unpaired) electrons. The molecule has 0 spiro atoms. The number of hydrogen-bond donors (Lipinski definition) is 1. The third kappa shape index (κ3) is 3.38. The van der Waals surface area contributed by atoms with Gasteiger partial charge >= 0.3 is 5.97 Å². The third-order valence-corrected chi connectivity index (χ3v) is 2.27. The molecule has 0 saturated heterocycles. The van der Waals surface area contributed by atoms with Crippen molar-refractivity contribution in [2.45, 2.75) is 39.2 Å². The number of aliphatic hydroxyl groups is 1. The molecule has 0 aliphatic heterocycles. The van der Waals surface area contributed by atoms with E-state index in [1.54, 1.807) is 12.1 Å². The van der Waals surface area contributed by atoms with Gasteiger partial charge in [-0.15, -0.1) is 0 Å². The van der Waals surface area contributed by atoms with Crippen LogP contribution in [-0.2, 0) is 16.0 Å². The minimum Gasteiger partial charge on any atom is -0.463 e. The second-order valence-corrected chi connectivity index (χ2v) is 3.58. The van der Waals surface area contributed by atoms with Gasteiger partial charge in [-0.1, -0.05) is 20.3 Å². The minimum absolute atomic E-state index is 0.248. The van der Waals surface area contributed by atoms with Crippen LogP contribution in [0.5, 0.6) is 0 Å². The van der Waals surface area contributed by atoms with E-state index in [4.69, 9.17) is 9.15 Å². The molecule has 1 N–H and O–H groups in total. The van der Waals surface area contributed by atoms with Crippen molar-refractivity contribution in [3.63, 3.8) is 0 Å². The molecule has 1 rings (SSSR count). The van der Waals surface area contributed by atoms with Gasteiger partial charge in [0.05, 0.1) is 6.61 Å². The molecule has 0 aliphatic carbocycles. The lowest BCUT2D eigenvalue weighted by Gasteiger charge is -2.07. The Balaban J connectivity index is 2.49. The monoisotopic (exact) mass is 226 g/mol. The van der Waals surface area contributed by atoms with Gasteiger partial charge in [-0.05, 0) is 18.6 Å². The normalized spacial score (nSPS) is 12.4. The van der Waals surface area contributed by atoms with Gasteiger partial charge in [0.15, 0.2) is 0 Å². The maximum Gasteiger partial charge on any atom is 0.342 e. The maximum atomic E-state index is 11.4. The lowest BCUT2D eigenvalue weighted by molar-refractivity contribution is -0.155. The highest BCUT2D eigenvalue weighted by molar-refractivity contribution is 5.75. The third-order valence-electron chi connectivity index (χ3n) is 2.27. The molecule has 1 atom stereocenters. The zero-order valence-electron chi connectivity index (χ0n) is 9.73. The minimum atomic E-state index is -1.31. The van der Waals surface area contributed by atoms with E-state index in [1.165, 1.54) is 0 Å². The van der Waals surface area contributed by atoms with Gasteiger partial charge in [-0.2, -0.15) is 0 Å². The van der Waals surface area contributed by atoms with E-state index in [-0.39, 0.29) is 5.76 Å². The van der Waals surface area contributed by atoms with Gasteiger partial charge in [0, 0.05) is 6.42 Å². The molecule has 0 saturated carbocycles. The van der Waals surface area contributed by atoms with Crippen LogP contribution in [-0.4, -0.2) is 17.7 Å². The molecule has 1 unspecified atom stereocenters. The number of carbonyl (C=O) groups is 1. The van der Waals surface area contributed by atoms with E-state index in [1.807, 2.05) is 13.8 Å². The number of ether oxygens (including phenoxy) is 1. The number of unbranched alkanes of at least 4 members (excludes halogenated alkanes) is 1. The summed E-state index contributed by atoms with van der Waals surface area (Å²) < 4.78 is 10.2. The molecular formula is C12H18O4. The standard InChI is InChI=1S/C12H18O4/c1-3-5-8-15-12(14)11(13)10-7-6-9(4-2)16-10/h6-7,11,13H,3-5,8H2,1-2H3. The first-order valence-electron chi connectivity index (χ1n) is 5.62. The summed E-state index contributed by atoms with van der Waals surface area (Å²) in [5.74, 6) is 0.346. The van der Waals surface area contributed by atoms with Gasteiger partial charge in [-0.25, -0.2) is 4.79 Å². The van der Waals surface area contributed by atoms with Gasteiger partial charge in [0.2, 0.25) is 6.10 Å². The fourth-order valence-corrected chi connectivity index (χ4v) is 1.24. The van der Waals surface area contributed by atoms with Crippen molar-refractivity contribution < 1.29 is 19.1 Å². The van der Waals surface area contributed by atoms with E-state index in [0.717, 1.165) is 25.0 Å². The molecule has 0 fully saturated rings. The number of rotatable bonds is 6. The fraction of sp³-hybridized carbons (Fsp3) is 0.583. The van der Waals surface area contributed by atoms with Crippen LogP contribution in [0.2, 0.25) is 0 Å². The molecule has 1 heterocycles. The Morgan fingerprint density at radius 3 is 2.81 bits per heavy atom. The highest BCUT2D eigenvalue weighted by Crippen LogP contribution is 2.18. The molecule has 0 bridgehead atoms. The van der Waals surface area contributed by atoms with Crippen molar-refractivity contribution in [3.8, 4) is 0 Å². The lowest BCUT2D eigenvalue weighted by Crippen LogP contribution is -2.15. The summed E-state index contributed by atoms with van der Waals surface area (Å²) in [6.45, 7) is 4.28. The summed E-state index contributed by atoms with van der Waals surface area (Å²) in [6, 6.07) is 3.35. The van der Waals surface area contributed by atoms with Gasteiger partial charge in [0.1, 0.15) is 11.5 Å². The molecule has 0 aromatic carbocycles. The molecule has 1 aromatic heterocycles. The van der Waals surface area contributed by atoms with Gasteiger partial charge in [0.25, 0.3) is 0 Å². The van der Waals surface area contributed by atoms with Crippen molar-refractivity contribution in [2.75, 3.05) is 6.61 Å². The molecule has 4 nitrogen and oxygen atoms in total. The van der Waals surface area contributed by atoms with Crippen molar-refractivity contribution in [1.82, 2.24) is 0 Å². The van der Waals surface area contributed by atoms with E-state index in [2.05, 4.69) is 0 Å². The van der Waals surface area contributed by atoms with Gasteiger partial charge < -0.3 is 14.3 Å². The first kappa shape index (κ1) is 12.8. The van der Waals surface area contributed by atoms with Crippen LogP contribution < -0.4 is 0 Å². The summed E-state index contributed by atoms with van der Waals surface area (Å²) in [5.41, 5.74) is 0. The Kier molecular flexibility index (Phi) is 5.05. The Hall–Kier alpha value is -1.29. The maximum absolute atomic E-state index is 11.4. The molecular weight excluding hydrogens is 208 g/mol. The van der Waals surface area contributed by atoms with Gasteiger partial charge in [-0.3, -0.25) is 0 Å². The molecule has 0 amide bonds. The Labute approximate surface area is 95.2 Å². The Morgan fingerprint density at radius 2 is 2.25 bits per heavy atom. The molecule has 16 heavy (non-hydrogen) atoms. The van der Waals surface area contributed by atoms with Crippen molar-refractivity contribution in [2.24, 2.45) is 0 Å². The summed E-state index contributed by atoms with van der Waals surface area (Å²) in [6.07, 6.45) is 1.18. The highest BCUT2D eigenvalue weighted by atomic mass is 16.5. The smallest absolute Gasteiger partial charge is 0.342 e. The van der Waals surface area contributed by atoms with Crippen molar-refractivity contribution >= 4 is 5.97 Å². The second kappa shape index (κ2) is 6.33. The predicted molar refractivity (Wildman–Crippen MR) is 58.9 cm³/mol. The second-order valence-electron chi connectivity index (χ2n) is 3.58. The number of aliphatic hydroxyl groups excluding tert-OH is 1. The Bertz CT molecular complexity index is 330. The van der Waals surface area contributed by atoms with Crippen molar-refractivity contribution in [3.05, 3.63) is 23.7 Å². The number of aryl methyl sites for hydroxylation is 1. The summed E-state index contributed by atoms with van der Waals surface area (Å²) in [5, 5.41) is 9.63. The average Bonchev–Trinajstić information content (AvgIpc) is 2.76.